The highest BCUT2D eigenvalue weighted by Gasteiger charge is 2.40. The van der Waals surface area contributed by atoms with E-state index in [0.717, 1.165) is 0 Å². The first-order chi connectivity index (χ1) is 32.5. The van der Waals surface area contributed by atoms with E-state index < -0.39 is 8.07 Å². The maximum Gasteiger partial charge on any atom is 0.113 e. The van der Waals surface area contributed by atoms with Gasteiger partial charge < -0.3 is 0 Å². The lowest BCUT2D eigenvalue weighted by Crippen LogP contribution is -2.49. The zero-order valence-electron chi connectivity index (χ0n) is 39.0. The minimum absolute atomic E-state index is 0.118. The quantitative estimate of drug-likeness (QED) is 0.123. The Morgan fingerprint density at radius 3 is 1.40 bits per heavy atom. The van der Waals surface area contributed by atoms with Gasteiger partial charge in [-0.3, -0.25) is 0 Å². The van der Waals surface area contributed by atoms with Gasteiger partial charge in [0, 0.05) is 10.8 Å². The highest BCUT2D eigenvalue weighted by Crippen LogP contribution is 2.54. The molecule has 0 radical (unpaired) electrons. The molecule has 0 atom stereocenters. The smallest absolute Gasteiger partial charge is 0.0623 e. The third-order valence-corrected chi connectivity index (χ3v) is 20.1. The summed E-state index contributed by atoms with van der Waals surface area (Å²) in [6.45, 7) is 14.7. The molecule has 0 fully saturated rings. The van der Waals surface area contributed by atoms with Crippen molar-refractivity contribution in [1.29, 1.82) is 0 Å². The Morgan fingerprint density at radius 1 is 0.284 bits per heavy atom. The molecular weight excluding hydrogens is 821 g/mol. The highest BCUT2D eigenvalue weighted by atomic mass is 28.3. The van der Waals surface area contributed by atoms with Crippen molar-refractivity contribution in [2.45, 2.75) is 51.6 Å². The van der Waals surface area contributed by atoms with Crippen molar-refractivity contribution in [2.24, 2.45) is 0 Å². The maximum atomic E-state index is 2.66. The largest absolute Gasteiger partial charge is 0.113 e. The van der Waals surface area contributed by atoms with Gasteiger partial charge in [0.05, 0.1) is 0 Å². The van der Waals surface area contributed by atoms with E-state index in [1.807, 2.05) is 0 Å². The normalized spacial score (nSPS) is 15.4. The summed E-state index contributed by atoms with van der Waals surface area (Å²) in [5, 5.41) is 13.4. The molecule has 0 N–H and O–H groups in total. The van der Waals surface area contributed by atoms with E-state index in [1.54, 1.807) is 0 Å². The zero-order valence-corrected chi connectivity index (χ0v) is 40.0. The Labute approximate surface area is 394 Å². The number of rotatable bonds is 3. The van der Waals surface area contributed by atoms with E-state index in [9.17, 15) is 0 Å². The Hall–Kier alpha value is -7.32. The monoisotopic (exact) mass is 870 g/mol. The molecule has 14 rings (SSSR count). The van der Waals surface area contributed by atoms with Gasteiger partial charge in [0.1, 0.15) is 8.07 Å². The molecule has 11 aromatic carbocycles. The number of hydrogen-bond donors (Lipinski definition) is 0. The van der Waals surface area contributed by atoms with Crippen molar-refractivity contribution in [2.75, 3.05) is 0 Å². The van der Waals surface area contributed by atoms with Gasteiger partial charge in [-0.25, -0.2) is 0 Å². The maximum absolute atomic E-state index is 2.66. The predicted octanol–water partition coefficient (Wildman–Crippen LogP) is 16.7. The molecular formula is C66H50Si. The summed E-state index contributed by atoms with van der Waals surface area (Å²) in [6.07, 6.45) is 0. The van der Waals surface area contributed by atoms with Crippen molar-refractivity contribution in [3.8, 4) is 66.8 Å². The van der Waals surface area contributed by atoms with Gasteiger partial charge in [0.15, 0.2) is 0 Å². The van der Waals surface area contributed by atoms with Crippen LogP contribution in [0.15, 0.2) is 194 Å². The van der Waals surface area contributed by atoms with Crippen LogP contribution in [0.5, 0.6) is 0 Å². The van der Waals surface area contributed by atoms with Crippen LogP contribution in [0.1, 0.15) is 49.9 Å². The molecule has 0 bridgehead atoms. The molecule has 0 saturated heterocycles. The summed E-state index contributed by atoms with van der Waals surface area (Å²) in [5.74, 6) is 0. The molecule has 318 valence electrons. The summed E-state index contributed by atoms with van der Waals surface area (Å²) in [6, 6.07) is 75.2. The van der Waals surface area contributed by atoms with E-state index in [2.05, 4.69) is 235 Å². The SMILES string of the molecule is CC1(C)c2ccccc2-c2ccc(-c3c4ccc(-c5ccc6cc7ccccc7cc6c5)cc4c(-c4ccc5c(c4)C(C)(C)c4ccccc4-5)c4cc5c(cc34)-c3ccccc3[Si]5(C)C)cc21. The van der Waals surface area contributed by atoms with Crippen LogP contribution >= 0.6 is 0 Å². The Bertz CT molecular complexity index is 4010. The third kappa shape index (κ3) is 5.29. The van der Waals surface area contributed by atoms with Crippen LogP contribution in [0.25, 0.3) is 110 Å². The van der Waals surface area contributed by atoms with E-state index >= 15 is 0 Å². The van der Waals surface area contributed by atoms with E-state index in [4.69, 9.17) is 0 Å². The lowest BCUT2D eigenvalue weighted by atomic mass is 9.79. The van der Waals surface area contributed by atoms with Gasteiger partial charge in [0.2, 0.25) is 0 Å². The van der Waals surface area contributed by atoms with Crippen LogP contribution in [0.4, 0.5) is 0 Å². The van der Waals surface area contributed by atoms with E-state index in [1.165, 1.54) is 142 Å². The molecule has 1 heteroatoms. The molecule has 0 aromatic heterocycles. The van der Waals surface area contributed by atoms with Crippen molar-refractivity contribution in [3.05, 3.63) is 216 Å². The van der Waals surface area contributed by atoms with Crippen LogP contribution in [0.2, 0.25) is 13.1 Å². The molecule has 0 saturated carbocycles. The fraction of sp³-hybridized carbons (Fsp3) is 0.121. The van der Waals surface area contributed by atoms with Crippen molar-refractivity contribution >= 4 is 61.5 Å². The first-order valence-corrected chi connectivity index (χ1v) is 27.1. The van der Waals surface area contributed by atoms with Crippen molar-refractivity contribution in [3.63, 3.8) is 0 Å². The summed E-state index contributed by atoms with van der Waals surface area (Å²) < 4.78 is 0. The molecule has 1 aliphatic heterocycles. The topological polar surface area (TPSA) is 0 Å². The van der Waals surface area contributed by atoms with Gasteiger partial charge >= 0.3 is 0 Å². The van der Waals surface area contributed by atoms with Gasteiger partial charge in [-0.2, -0.15) is 0 Å². The lowest BCUT2D eigenvalue weighted by molar-refractivity contribution is 0.660. The van der Waals surface area contributed by atoms with Gasteiger partial charge in [-0.15, -0.1) is 0 Å². The molecule has 3 aliphatic rings. The molecule has 2 aliphatic carbocycles. The first-order valence-electron chi connectivity index (χ1n) is 24.1. The standard InChI is InChI=1S/C66H50Si/c1-65(2)57-20-12-9-17-47(57)49-28-26-44(35-59(49)65)63-52-30-25-43(41-23-24-42-31-39-15-7-8-16-40(39)32-46(42)33-41)34-54(52)64(45-27-29-50-48-18-10-13-21-58(48)66(3,4)60(50)36-45)56-38-62-53(37-55(56)63)51-19-11-14-22-61(51)67(62,5)6/h7-38H,1-6H3. The van der Waals surface area contributed by atoms with Gasteiger partial charge in [-0.05, 0) is 185 Å². The van der Waals surface area contributed by atoms with Crippen LogP contribution in [-0.2, 0) is 10.8 Å². The summed E-state index contributed by atoms with van der Waals surface area (Å²) in [7, 11) is -2.05. The van der Waals surface area contributed by atoms with Crippen LogP contribution < -0.4 is 10.4 Å². The Kier molecular flexibility index (Phi) is 7.78. The van der Waals surface area contributed by atoms with Crippen LogP contribution in [0, 0.1) is 0 Å². The van der Waals surface area contributed by atoms with E-state index in [-0.39, 0.29) is 10.8 Å². The lowest BCUT2D eigenvalue weighted by Gasteiger charge is -2.25. The second-order valence-corrected chi connectivity index (χ2v) is 25.6. The molecule has 67 heavy (non-hydrogen) atoms. The van der Waals surface area contributed by atoms with Crippen molar-refractivity contribution < 1.29 is 0 Å². The summed E-state index contributed by atoms with van der Waals surface area (Å²) in [4.78, 5) is 0. The zero-order chi connectivity index (χ0) is 45.1. The fourth-order valence-electron chi connectivity index (χ4n) is 13.1. The molecule has 11 aromatic rings. The number of hydrogen-bond acceptors (Lipinski definition) is 0. The second-order valence-electron chi connectivity index (χ2n) is 21.2. The molecule has 1 heterocycles. The van der Waals surface area contributed by atoms with Crippen molar-refractivity contribution in [1.82, 2.24) is 0 Å². The highest BCUT2D eigenvalue weighted by molar-refractivity contribution is 7.04. The Balaban J connectivity index is 1.10. The average Bonchev–Trinajstić information content (AvgIpc) is 3.83. The van der Waals surface area contributed by atoms with Crippen LogP contribution in [0.3, 0.4) is 0 Å². The average molecular weight is 871 g/mol. The summed E-state index contributed by atoms with van der Waals surface area (Å²) >= 11 is 0. The van der Waals surface area contributed by atoms with Gasteiger partial charge in [0.25, 0.3) is 0 Å². The molecule has 0 unspecified atom stereocenters. The minimum Gasteiger partial charge on any atom is -0.0623 e. The van der Waals surface area contributed by atoms with Crippen LogP contribution in [-0.4, -0.2) is 8.07 Å². The molecule has 0 nitrogen and oxygen atoms in total. The molecule has 0 amide bonds. The Morgan fingerprint density at radius 2 is 0.746 bits per heavy atom. The molecule has 0 spiro atoms. The second kappa shape index (κ2) is 13.4. The predicted molar refractivity (Wildman–Crippen MR) is 290 cm³/mol. The third-order valence-electron chi connectivity index (χ3n) is 16.6. The first kappa shape index (κ1) is 38.9. The van der Waals surface area contributed by atoms with E-state index in [0.29, 0.717) is 0 Å². The number of benzene rings is 11. The minimum atomic E-state index is -2.05. The van der Waals surface area contributed by atoms with Gasteiger partial charge in [-0.1, -0.05) is 192 Å². The fourth-order valence-corrected chi connectivity index (χ4v) is 16.1. The summed E-state index contributed by atoms with van der Waals surface area (Å²) in [5.41, 5.74) is 21.3. The number of fused-ring (bicyclic) bond motifs is 13.